The summed E-state index contributed by atoms with van der Waals surface area (Å²) in [5.74, 6) is 0. The van der Waals surface area contributed by atoms with Gasteiger partial charge in [0.2, 0.25) is 0 Å². The monoisotopic (exact) mass is 147 g/mol. The van der Waals surface area contributed by atoms with Crippen molar-refractivity contribution in [1.82, 2.24) is 0 Å². The van der Waals surface area contributed by atoms with E-state index in [1.54, 1.807) is 0 Å². The summed E-state index contributed by atoms with van der Waals surface area (Å²) >= 11 is 4.75. The van der Waals surface area contributed by atoms with E-state index in [1.165, 1.54) is 0 Å². The second-order valence-electron chi connectivity index (χ2n) is 2.31. The van der Waals surface area contributed by atoms with E-state index in [4.69, 9.17) is 22.7 Å². The van der Waals surface area contributed by atoms with Gasteiger partial charge in [-0.1, -0.05) is 12.2 Å². The fourth-order valence-corrected chi connectivity index (χ4v) is 0.491. The third-order valence-electron chi connectivity index (χ3n) is 1.10. The average Bonchev–Trinajstić information content (AvgIpc) is 1.65. The molecule has 0 saturated heterocycles. The lowest BCUT2D eigenvalue weighted by molar-refractivity contribution is 0.0451. The van der Waals surface area contributed by atoms with Crippen LogP contribution in [0.1, 0.15) is 20.8 Å². The van der Waals surface area contributed by atoms with Gasteiger partial charge in [-0.3, -0.25) is 0 Å². The molecule has 2 N–H and O–H groups in total. The topological polar surface area (TPSA) is 35.2 Å². The molecule has 0 radical (unpaired) electrons. The summed E-state index contributed by atoms with van der Waals surface area (Å²) in [6, 6.07) is 0. The lowest BCUT2D eigenvalue weighted by Crippen LogP contribution is -2.39. The molecule has 0 aliphatic rings. The Morgan fingerprint density at radius 2 is 2.11 bits per heavy atom. The second-order valence-corrected chi connectivity index (χ2v) is 2.75. The molecule has 0 fully saturated rings. The lowest BCUT2D eigenvalue weighted by atomic mass is 10.1. The van der Waals surface area contributed by atoms with Gasteiger partial charge in [-0.15, -0.1) is 0 Å². The zero-order valence-corrected chi connectivity index (χ0v) is 6.92. The zero-order chi connectivity index (χ0) is 7.49. The Morgan fingerprint density at radius 1 is 1.67 bits per heavy atom. The van der Waals surface area contributed by atoms with E-state index in [0.717, 1.165) is 0 Å². The molecule has 0 aliphatic carbocycles. The number of hydrogen-bond acceptors (Lipinski definition) is 2. The van der Waals surface area contributed by atoms with E-state index in [9.17, 15) is 0 Å². The minimum atomic E-state index is -0.440. The fourth-order valence-electron chi connectivity index (χ4n) is 0.432. The van der Waals surface area contributed by atoms with Gasteiger partial charge in [0.15, 0.2) is 0 Å². The Labute approximate surface area is 61.4 Å². The fraction of sp³-hybridized carbons (Fsp3) is 0.833. The van der Waals surface area contributed by atoms with Gasteiger partial charge in [-0.25, -0.2) is 0 Å². The first-order chi connectivity index (χ1) is 4.00. The summed E-state index contributed by atoms with van der Waals surface area (Å²) in [5, 5.41) is 0. The predicted molar refractivity (Wildman–Crippen MR) is 42.5 cm³/mol. The van der Waals surface area contributed by atoms with Crippen molar-refractivity contribution in [2.45, 2.75) is 26.4 Å². The van der Waals surface area contributed by atoms with E-state index in [2.05, 4.69) is 0 Å². The quantitative estimate of drug-likeness (QED) is 0.607. The molecule has 3 heteroatoms. The lowest BCUT2D eigenvalue weighted by Gasteiger charge is -2.22. The Balaban J connectivity index is 3.85. The van der Waals surface area contributed by atoms with Crippen LogP contribution in [0, 0.1) is 0 Å². The first-order valence-electron chi connectivity index (χ1n) is 2.94. The van der Waals surface area contributed by atoms with Crippen LogP contribution >= 0.6 is 12.2 Å². The Morgan fingerprint density at radius 3 is 2.22 bits per heavy atom. The average molecular weight is 147 g/mol. The molecule has 0 spiro atoms. The van der Waals surface area contributed by atoms with Crippen LogP contribution in [0.4, 0.5) is 0 Å². The van der Waals surface area contributed by atoms with Crippen molar-refractivity contribution in [1.29, 1.82) is 0 Å². The van der Waals surface area contributed by atoms with Crippen LogP contribution in [0.25, 0.3) is 0 Å². The van der Waals surface area contributed by atoms with E-state index < -0.39 is 5.60 Å². The highest BCUT2D eigenvalue weighted by Gasteiger charge is 2.20. The maximum Gasteiger partial charge on any atom is 0.112 e. The number of nitrogens with two attached hydrogens (primary N) is 1. The van der Waals surface area contributed by atoms with Crippen molar-refractivity contribution in [3.8, 4) is 0 Å². The van der Waals surface area contributed by atoms with Gasteiger partial charge in [0.05, 0.1) is 0 Å². The van der Waals surface area contributed by atoms with Gasteiger partial charge >= 0.3 is 0 Å². The first-order valence-corrected chi connectivity index (χ1v) is 3.35. The number of thiocarbonyl (C=S) groups is 1. The van der Waals surface area contributed by atoms with Gasteiger partial charge in [-0.2, -0.15) is 0 Å². The van der Waals surface area contributed by atoms with Crippen molar-refractivity contribution in [3.05, 3.63) is 0 Å². The molecule has 0 heterocycles. The highest BCUT2D eigenvalue weighted by Crippen LogP contribution is 2.07. The third-order valence-corrected chi connectivity index (χ3v) is 1.59. The van der Waals surface area contributed by atoms with Gasteiger partial charge in [-0.05, 0) is 20.8 Å². The SMILES string of the molecule is CCOC(C)(C)C(N)=S. The summed E-state index contributed by atoms with van der Waals surface area (Å²) in [7, 11) is 0. The maximum atomic E-state index is 5.36. The van der Waals surface area contributed by atoms with Crippen molar-refractivity contribution in [3.63, 3.8) is 0 Å². The van der Waals surface area contributed by atoms with Crippen LogP contribution in [-0.2, 0) is 4.74 Å². The molecule has 0 atom stereocenters. The standard InChI is InChI=1S/C6H13NOS/c1-4-8-6(2,3)5(7)9/h4H2,1-3H3,(H2,7,9). The van der Waals surface area contributed by atoms with E-state index in [0.29, 0.717) is 11.6 Å². The van der Waals surface area contributed by atoms with Crippen LogP contribution in [-0.4, -0.2) is 17.2 Å². The van der Waals surface area contributed by atoms with Gasteiger partial charge < -0.3 is 10.5 Å². The molecule has 0 bridgehead atoms. The zero-order valence-electron chi connectivity index (χ0n) is 6.10. The van der Waals surface area contributed by atoms with Crippen LogP contribution in [0.2, 0.25) is 0 Å². The highest BCUT2D eigenvalue weighted by atomic mass is 32.1. The summed E-state index contributed by atoms with van der Waals surface area (Å²) in [4.78, 5) is 0.407. The van der Waals surface area contributed by atoms with Crippen LogP contribution in [0.15, 0.2) is 0 Å². The Hall–Kier alpha value is -0.150. The minimum Gasteiger partial charge on any atom is -0.391 e. The van der Waals surface area contributed by atoms with E-state index >= 15 is 0 Å². The van der Waals surface area contributed by atoms with Crippen LogP contribution < -0.4 is 5.73 Å². The van der Waals surface area contributed by atoms with Crippen LogP contribution in [0.3, 0.4) is 0 Å². The largest absolute Gasteiger partial charge is 0.391 e. The van der Waals surface area contributed by atoms with Crippen molar-refractivity contribution in [2.24, 2.45) is 5.73 Å². The molecule has 9 heavy (non-hydrogen) atoms. The normalized spacial score (nSPS) is 11.4. The smallest absolute Gasteiger partial charge is 0.112 e. The van der Waals surface area contributed by atoms with Crippen molar-refractivity contribution >= 4 is 17.2 Å². The molecule has 0 amide bonds. The molecule has 0 rings (SSSR count). The number of hydrogen-bond donors (Lipinski definition) is 1. The van der Waals surface area contributed by atoms with Crippen LogP contribution in [0.5, 0.6) is 0 Å². The first kappa shape index (κ1) is 8.85. The molecule has 0 aromatic carbocycles. The molecule has 0 unspecified atom stereocenters. The summed E-state index contributed by atoms with van der Waals surface area (Å²) in [6.07, 6.45) is 0. The highest BCUT2D eigenvalue weighted by molar-refractivity contribution is 7.80. The summed E-state index contributed by atoms with van der Waals surface area (Å²) in [5.41, 5.74) is 4.92. The molecule has 0 aromatic rings. The van der Waals surface area contributed by atoms with Gasteiger partial charge in [0, 0.05) is 6.61 Å². The molecule has 0 aliphatic heterocycles. The number of rotatable bonds is 3. The molecule has 2 nitrogen and oxygen atoms in total. The van der Waals surface area contributed by atoms with E-state index in [1.807, 2.05) is 20.8 Å². The predicted octanol–water partition coefficient (Wildman–Crippen LogP) is 1.09. The summed E-state index contributed by atoms with van der Waals surface area (Å²) in [6.45, 7) is 6.28. The second kappa shape index (κ2) is 3.13. The van der Waals surface area contributed by atoms with Gasteiger partial charge in [0.25, 0.3) is 0 Å². The molecule has 0 aromatic heterocycles. The molecule has 0 saturated carbocycles. The van der Waals surface area contributed by atoms with Gasteiger partial charge in [0.1, 0.15) is 10.6 Å². The molecule has 54 valence electrons. The maximum absolute atomic E-state index is 5.36. The Bertz CT molecular complexity index is 112. The van der Waals surface area contributed by atoms with Crippen molar-refractivity contribution in [2.75, 3.05) is 6.61 Å². The number of ether oxygens (including phenoxy) is 1. The molecular weight excluding hydrogens is 134 g/mol. The Kier molecular flexibility index (Phi) is 3.08. The van der Waals surface area contributed by atoms with Crippen molar-refractivity contribution < 1.29 is 4.74 Å². The molecular formula is C6H13NOS. The summed E-state index contributed by atoms with van der Waals surface area (Å²) < 4.78 is 5.22. The third kappa shape index (κ3) is 2.77. The van der Waals surface area contributed by atoms with E-state index in [-0.39, 0.29) is 0 Å². The minimum absolute atomic E-state index is 0.407.